The van der Waals surface area contributed by atoms with Crippen molar-refractivity contribution in [1.29, 1.82) is 0 Å². The van der Waals surface area contributed by atoms with Gasteiger partial charge in [0, 0.05) is 16.8 Å². The van der Waals surface area contributed by atoms with Gasteiger partial charge in [0.25, 0.3) is 5.91 Å². The first-order valence-electron chi connectivity index (χ1n) is 8.46. The molecule has 138 valence electrons. The standard InChI is InChI=1S/C20H19ClN4O2/c1-3-27-18-7-5-4-6-16(18)25-20(26)17-12-19(23-13(2)22-17)24-15-10-8-14(21)9-11-15/h4-12H,3H2,1-2H3,(H,25,26)(H,22,23,24). The number of para-hydroxylation sites is 2. The Hall–Kier alpha value is -3.12. The van der Waals surface area contributed by atoms with Crippen LogP contribution in [0.5, 0.6) is 5.75 Å². The molecule has 2 N–H and O–H groups in total. The molecule has 0 spiro atoms. The summed E-state index contributed by atoms with van der Waals surface area (Å²) in [6, 6.07) is 16.1. The van der Waals surface area contributed by atoms with Gasteiger partial charge >= 0.3 is 0 Å². The summed E-state index contributed by atoms with van der Waals surface area (Å²) in [5.41, 5.74) is 1.66. The molecule has 7 heteroatoms. The predicted octanol–water partition coefficient (Wildman–Crippen LogP) is 4.83. The van der Waals surface area contributed by atoms with Crippen molar-refractivity contribution in [2.75, 3.05) is 17.2 Å². The smallest absolute Gasteiger partial charge is 0.274 e. The molecule has 0 saturated carbocycles. The van der Waals surface area contributed by atoms with Crippen LogP contribution in [0.4, 0.5) is 17.2 Å². The quantitative estimate of drug-likeness (QED) is 0.638. The van der Waals surface area contributed by atoms with E-state index in [0.717, 1.165) is 5.69 Å². The third-order valence-electron chi connectivity index (χ3n) is 3.62. The lowest BCUT2D eigenvalue weighted by Gasteiger charge is -2.12. The lowest BCUT2D eigenvalue weighted by molar-refractivity contribution is 0.102. The van der Waals surface area contributed by atoms with Gasteiger partial charge in [0.2, 0.25) is 0 Å². The van der Waals surface area contributed by atoms with Crippen molar-refractivity contribution in [3.63, 3.8) is 0 Å². The van der Waals surface area contributed by atoms with Gasteiger partial charge in [-0.3, -0.25) is 4.79 Å². The number of benzene rings is 2. The zero-order chi connectivity index (χ0) is 19.2. The molecule has 0 aliphatic carbocycles. The Morgan fingerprint density at radius 3 is 2.59 bits per heavy atom. The second kappa shape index (κ2) is 8.51. The Balaban J connectivity index is 1.81. The van der Waals surface area contributed by atoms with Crippen LogP contribution in [0.15, 0.2) is 54.6 Å². The third-order valence-corrected chi connectivity index (χ3v) is 3.87. The van der Waals surface area contributed by atoms with E-state index < -0.39 is 0 Å². The van der Waals surface area contributed by atoms with E-state index in [4.69, 9.17) is 16.3 Å². The Morgan fingerprint density at radius 1 is 1.11 bits per heavy atom. The maximum Gasteiger partial charge on any atom is 0.274 e. The van der Waals surface area contributed by atoms with Gasteiger partial charge in [-0.15, -0.1) is 0 Å². The van der Waals surface area contributed by atoms with Gasteiger partial charge in [-0.25, -0.2) is 9.97 Å². The minimum Gasteiger partial charge on any atom is -0.492 e. The Kier molecular flexibility index (Phi) is 5.88. The topological polar surface area (TPSA) is 76.1 Å². The van der Waals surface area contributed by atoms with E-state index in [9.17, 15) is 4.79 Å². The first-order valence-corrected chi connectivity index (χ1v) is 8.84. The highest BCUT2D eigenvalue weighted by Gasteiger charge is 2.13. The molecule has 0 atom stereocenters. The fourth-order valence-corrected chi connectivity index (χ4v) is 2.59. The number of amides is 1. The molecule has 0 unspecified atom stereocenters. The van der Waals surface area contributed by atoms with Crippen molar-refractivity contribution in [3.8, 4) is 5.75 Å². The molecule has 0 fully saturated rings. The summed E-state index contributed by atoms with van der Waals surface area (Å²) in [7, 11) is 0. The minimum absolute atomic E-state index is 0.255. The molecule has 0 aliphatic heterocycles. The maximum absolute atomic E-state index is 12.7. The second-order valence-electron chi connectivity index (χ2n) is 5.70. The Bertz CT molecular complexity index is 945. The van der Waals surface area contributed by atoms with Crippen LogP contribution in [-0.4, -0.2) is 22.5 Å². The van der Waals surface area contributed by atoms with E-state index in [1.54, 1.807) is 37.3 Å². The zero-order valence-corrected chi connectivity index (χ0v) is 15.7. The van der Waals surface area contributed by atoms with Gasteiger partial charge in [-0.1, -0.05) is 23.7 Å². The van der Waals surface area contributed by atoms with Crippen molar-refractivity contribution in [2.45, 2.75) is 13.8 Å². The first-order chi connectivity index (χ1) is 13.0. The highest BCUT2D eigenvalue weighted by molar-refractivity contribution is 6.30. The highest BCUT2D eigenvalue weighted by atomic mass is 35.5. The van der Waals surface area contributed by atoms with Gasteiger partial charge in [0.1, 0.15) is 23.1 Å². The molecule has 0 aliphatic rings. The molecule has 3 aromatic rings. The number of carbonyl (C=O) groups is 1. The predicted molar refractivity (Wildman–Crippen MR) is 107 cm³/mol. The molecular weight excluding hydrogens is 364 g/mol. The number of halogens is 1. The van der Waals surface area contributed by atoms with Crippen LogP contribution < -0.4 is 15.4 Å². The van der Waals surface area contributed by atoms with Gasteiger partial charge in [0.05, 0.1) is 12.3 Å². The fraction of sp³-hybridized carbons (Fsp3) is 0.150. The number of hydrogen-bond donors (Lipinski definition) is 2. The van der Waals surface area contributed by atoms with Crippen LogP contribution >= 0.6 is 11.6 Å². The molecule has 2 aromatic carbocycles. The summed E-state index contributed by atoms with van der Waals surface area (Å²) < 4.78 is 5.54. The molecule has 1 aromatic heterocycles. The molecule has 1 heterocycles. The number of carbonyl (C=O) groups excluding carboxylic acids is 1. The van der Waals surface area contributed by atoms with Gasteiger partial charge in [-0.2, -0.15) is 0 Å². The van der Waals surface area contributed by atoms with Crippen LogP contribution in [-0.2, 0) is 0 Å². The van der Waals surface area contributed by atoms with E-state index in [-0.39, 0.29) is 11.6 Å². The van der Waals surface area contributed by atoms with Gasteiger partial charge in [0.15, 0.2) is 0 Å². The van der Waals surface area contributed by atoms with Crippen LogP contribution in [0.1, 0.15) is 23.2 Å². The van der Waals surface area contributed by atoms with E-state index in [1.807, 2.05) is 31.2 Å². The van der Waals surface area contributed by atoms with Crippen molar-refractivity contribution >= 4 is 34.7 Å². The summed E-state index contributed by atoms with van der Waals surface area (Å²) >= 11 is 5.90. The third kappa shape index (κ3) is 4.95. The lowest BCUT2D eigenvalue weighted by atomic mass is 10.2. The average Bonchev–Trinajstić information content (AvgIpc) is 2.65. The summed E-state index contributed by atoms with van der Waals surface area (Å²) in [5, 5.41) is 6.63. The number of hydrogen-bond acceptors (Lipinski definition) is 5. The molecule has 0 saturated heterocycles. The van der Waals surface area contributed by atoms with E-state index in [0.29, 0.717) is 34.7 Å². The number of rotatable bonds is 6. The summed E-state index contributed by atoms with van der Waals surface area (Å²) in [4.78, 5) is 21.2. The molecule has 1 amide bonds. The van der Waals surface area contributed by atoms with Gasteiger partial charge < -0.3 is 15.4 Å². The monoisotopic (exact) mass is 382 g/mol. The van der Waals surface area contributed by atoms with Crippen LogP contribution in [0.3, 0.4) is 0 Å². The van der Waals surface area contributed by atoms with Gasteiger partial charge in [-0.05, 0) is 50.2 Å². The lowest BCUT2D eigenvalue weighted by Crippen LogP contribution is -2.16. The molecular formula is C20H19ClN4O2. The first kappa shape index (κ1) is 18.7. The SMILES string of the molecule is CCOc1ccccc1NC(=O)c1cc(Nc2ccc(Cl)cc2)nc(C)n1. The number of aromatic nitrogens is 2. The maximum atomic E-state index is 12.7. The molecule has 0 radical (unpaired) electrons. The molecule has 0 bridgehead atoms. The molecule has 6 nitrogen and oxygen atoms in total. The van der Waals surface area contributed by atoms with Crippen LogP contribution in [0.2, 0.25) is 5.02 Å². The number of ether oxygens (including phenoxy) is 1. The summed E-state index contributed by atoms with van der Waals surface area (Å²) in [6.07, 6.45) is 0. The van der Waals surface area contributed by atoms with Crippen LogP contribution in [0, 0.1) is 6.92 Å². The fourth-order valence-electron chi connectivity index (χ4n) is 2.47. The normalized spacial score (nSPS) is 10.3. The average molecular weight is 383 g/mol. The second-order valence-corrected chi connectivity index (χ2v) is 6.14. The highest BCUT2D eigenvalue weighted by Crippen LogP contribution is 2.24. The van der Waals surface area contributed by atoms with E-state index in [1.165, 1.54) is 0 Å². The van der Waals surface area contributed by atoms with Crippen molar-refractivity contribution in [2.24, 2.45) is 0 Å². The number of anilines is 3. The van der Waals surface area contributed by atoms with Crippen molar-refractivity contribution in [1.82, 2.24) is 9.97 Å². The largest absolute Gasteiger partial charge is 0.492 e. The van der Waals surface area contributed by atoms with Crippen LogP contribution in [0.25, 0.3) is 0 Å². The van der Waals surface area contributed by atoms with E-state index >= 15 is 0 Å². The number of nitrogens with one attached hydrogen (secondary N) is 2. The summed E-state index contributed by atoms with van der Waals surface area (Å²) in [6.45, 7) is 4.13. The number of aryl methyl sites for hydroxylation is 1. The van der Waals surface area contributed by atoms with E-state index in [2.05, 4.69) is 20.6 Å². The Labute approximate surface area is 162 Å². The molecule has 27 heavy (non-hydrogen) atoms. The van der Waals surface area contributed by atoms with Crippen molar-refractivity contribution in [3.05, 3.63) is 71.1 Å². The minimum atomic E-state index is -0.341. The Morgan fingerprint density at radius 2 is 1.85 bits per heavy atom. The summed E-state index contributed by atoms with van der Waals surface area (Å²) in [5.74, 6) is 1.27. The van der Waals surface area contributed by atoms with Crippen molar-refractivity contribution < 1.29 is 9.53 Å². The number of nitrogens with zero attached hydrogens (tertiary/aromatic N) is 2. The molecule has 3 rings (SSSR count). The zero-order valence-electron chi connectivity index (χ0n) is 15.0.